The quantitative estimate of drug-likeness (QED) is 0.820. The predicted molar refractivity (Wildman–Crippen MR) is 61.7 cm³/mol. The average Bonchev–Trinajstić information content (AvgIpc) is 2.90. The molecule has 2 atom stereocenters. The smallest absolute Gasteiger partial charge is 0.203 e. The van der Waals surface area contributed by atoms with E-state index in [1.54, 1.807) is 7.11 Å². The molecule has 1 N–H and O–H groups in total. The minimum atomic E-state index is 0.289. The standard InChI is InChI=1S/C11H19N3O2/c1-9(7-15-2)14-5-4-12-11(14)13-10-3-6-16-8-10/h4-5,9-10H,3,6-8H2,1-2H3,(H,12,13). The van der Waals surface area contributed by atoms with Crippen LogP contribution < -0.4 is 5.32 Å². The fourth-order valence-corrected chi connectivity index (χ4v) is 1.93. The van der Waals surface area contributed by atoms with Crippen LogP contribution in [0.25, 0.3) is 0 Å². The number of anilines is 1. The van der Waals surface area contributed by atoms with Crippen LogP contribution in [0.15, 0.2) is 12.4 Å². The monoisotopic (exact) mass is 225 g/mol. The Balaban J connectivity index is 2.00. The zero-order valence-electron chi connectivity index (χ0n) is 9.85. The van der Waals surface area contributed by atoms with Crippen LogP contribution in [0, 0.1) is 0 Å². The van der Waals surface area contributed by atoms with Gasteiger partial charge in [0.05, 0.1) is 25.3 Å². The number of hydrogen-bond acceptors (Lipinski definition) is 4. The molecular formula is C11H19N3O2. The molecule has 2 unspecified atom stereocenters. The highest BCUT2D eigenvalue weighted by atomic mass is 16.5. The van der Waals surface area contributed by atoms with Crippen molar-refractivity contribution in [1.29, 1.82) is 0 Å². The highest BCUT2D eigenvalue weighted by Gasteiger charge is 2.18. The molecule has 1 aliphatic heterocycles. The van der Waals surface area contributed by atoms with E-state index in [1.165, 1.54) is 0 Å². The van der Waals surface area contributed by atoms with Gasteiger partial charge < -0.3 is 19.4 Å². The maximum Gasteiger partial charge on any atom is 0.203 e. The lowest BCUT2D eigenvalue weighted by Crippen LogP contribution is -2.23. The molecule has 1 saturated heterocycles. The lowest BCUT2D eigenvalue weighted by atomic mass is 10.3. The largest absolute Gasteiger partial charge is 0.383 e. The summed E-state index contributed by atoms with van der Waals surface area (Å²) in [6.07, 6.45) is 4.83. The van der Waals surface area contributed by atoms with Crippen LogP contribution in [0.4, 0.5) is 5.95 Å². The van der Waals surface area contributed by atoms with Crippen LogP contribution in [-0.2, 0) is 9.47 Å². The first-order chi connectivity index (χ1) is 7.81. The van der Waals surface area contributed by atoms with Crippen LogP contribution >= 0.6 is 0 Å². The molecule has 0 aliphatic carbocycles. The first-order valence-electron chi connectivity index (χ1n) is 5.67. The Bertz CT molecular complexity index is 321. The molecule has 0 bridgehead atoms. The van der Waals surface area contributed by atoms with Gasteiger partial charge in [0.15, 0.2) is 0 Å². The molecule has 5 heteroatoms. The number of aromatic nitrogens is 2. The Morgan fingerprint density at radius 2 is 2.62 bits per heavy atom. The maximum atomic E-state index is 5.33. The third-order valence-electron chi connectivity index (χ3n) is 2.81. The van der Waals surface area contributed by atoms with Crippen LogP contribution in [-0.4, -0.2) is 42.5 Å². The van der Waals surface area contributed by atoms with E-state index in [0.29, 0.717) is 12.6 Å². The van der Waals surface area contributed by atoms with Gasteiger partial charge in [-0.3, -0.25) is 0 Å². The number of imidazole rings is 1. The highest BCUT2D eigenvalue weighted by Crippen LogP contribution is 2.16. The van der Waals surface area contributed by atoms with Crippen molar-refractivity contribution in [3.63, 3.8) is 0 Å². The number of methoxy groups -OCH3 is 1. The van der Waals surface area contributed by atoms with E-state index in [0.717, 1.165) is 25.6 Å². The second-order valence-corrected chi connectivity index (χ2v) is 4.17. The topological polar surface area (TPSA) is 48.3 Å². The summed E-state index contributed by atoms with van der Waals surface area (Å²) in [6, 6.07) is 0.674. The Labute approximate surface area is 95.8 Å². The summed E-state index contributed by atoms with van der Waals surface area (Å²) in [5.41, 5.74) is 0. The van der Waals surface area contributed by atoms with Crippen molar-refractivity contribution in [2.75, 3.05) is 32.2 Å². The molecule has 2 heterocycles. The summed E-state index contributed by atoms with van der Waals surface area (Å²) in [4.78, 5) is 4.32. The number of hydrogen-bond donors (Lipinski definition) is 1. The zero-order valence-corrected chi connectivity index (χ0v) is 9.85. The summed E-state index contributed by atoms with van der Waals surface area (Å²) in [5.74, 6) is 0.903. The molecule has 1 aliphatic rings. The van der Waals surface area contributed by atoms with E-state index < -0.39 is 0 Å². The molecule has 0 spiro atoms. The first kappa shape index (κ1) is 11.4. The molecule has 0 radical (unpaired) electrons. The lowest BCUT2D eigenvalue weighted by Gasteiger charge is -2.18. The van der Waals surface area contributed by atoms with Crippen molar-refractivity contribution >= 4 is 5.95 Å². The summed E-state index contributed by atoms with van der Waals surface area (Å²) in [7, 11) is 1.71. The van der Waals surface area contributed by atoms with E-state index in [1.807, 2.05) is 12.4 Å². The molecule has 5 nitrogen and oxygen atoms in total. The number of nitrogens with one attached hydrogen (secondary N) is 1. The van der Waals surface area contributed by atoms with Crippen molar-refractivity contribution in [2.45, 2.75) is 25.4 Å². The second kappa shape index (κ2) is 5.32. The van der Waals surface area contributed by atoms with Crippen LogP contribution in [0.1, 0.15) is 19.4 Å². The summed E-state index contributed by atoms with van der Waals surface area (Å²) >= 11 is 0. The minimum absolute atomic E-state index is 0.289. The van der Waals surface area contributed by atoms with Gasteiger partial charge in [0.1, 0.15) is 0 Å². The van der Waals surface area contributed by atoms with E-state index in [9.17, 15) is 0 Å². The molecule has 0 aromatic carbocycles. The van der Waals surface area contributed by atoms with E-state index >= 15 is 0 Å². The fraction of sp³-hybridized carbons (Fsp3) is 0.727. The Morgan fingerprint density at radius 3 is 3.31 bits per heavy atom. The lowest BCUT2D eigenvalue weighted by molar-refractivity contribution is 0.163. The van der Waals surface area contributed by atoms with Crippen molar-refractivity contribution < 1.29 is 9.47 Å². The second-order valence-electron chi connectivity index (χ2n) is 4.17. The van der Waals surface area contributed by atoms with Gasteiger partial charge in [-0.15, -0.1) is 0 Å². The first-order valence-corrected chi connectivity index (χ1v) is 5.67. The molecule has 16 heavy (non-hydrogen) atoms. The van der Waals surface area contributed by atoms with Gasteiger partial charge >= 0.3 is 0 Å². The van der Waals surface area contributed by atoms with Gasteiger partial charge in [-0.25, -0.2) is 4.98 Å². The normalized spacial score (nSPS) is 22.2. The third-order valence-corrected chi connectivity index (χ3v) is 2.81. The van der Waals surface area contributed by atoms with Gasteiger partial charge in [-0.1, -0.05) is 0 Å². The Hall–Kier alpha value is -1.07. The molecule has 0 saturated carbocycles. The third kappa shape index (κ3) is 2.54. The van der Waals surface area contributed by atoms with Gasteiger partial charge in [-0.2, -0.15) is 0 Å². The average molecular weight is 225 g/mol. The van der Waals surface area contributed by atoms with Gasteiger partial charge in [-0.05, 0) is 13.3 Å². The number of rotatable bonds is 5. The Morgan fingerprint density at radius 1 is 1.75 bits per heavy atom. The van der Waals surface area contributed by atoms with Gasteiger partial charge in [0.25, 0.3) is 0 Å². The Kier molecular flexibility index (Phi) is 3.79. The van der Waals surface area contributed by atoms with Crippen LogP contribution in [0.3, 0.4) is 0 Å². The zero-order chi connectivity index (χ0) is 11.4. The van der Waals surface area contributed by atoms with Crippen molar-refractivity contribution in [3.8, 4) is 0 Å². The van der Waals surface area contributed by atoms with E-state index in [4.69, 9.17) is 9.47 Å². The van der Waals surface area contributed by atoms with Crippen LogP contribution in [0.2, 0.25) is 0 Å². The molecular weight excluding hydrogens is 206 g/mol. The number of nitrogens with zero attached hydrogens (tertiary/aromatic N) is 2. The summed E-state index contributed by atoms with van der Waals surface area (Å²) in [5, 5.41) is 3.40. The number of ether oxygens (including phenoxy) is 2. The van der Waals surface area contributed by atoms with Crippen molar-refractivity contribution in [3.05, 3.63) is 12.4 Å². The molecule has 1 aromatic rings. The van der Waals surface area contributed by atoms with E-state index in [-0.39, 0.29) is 6.04 Å². The molecule has 90 valence electrons. The maximum absolute atomic E-state index is 5.33. The SMILES string of the molecule is COCC(C)n1ccnc1NC1CCOC1. The molecule has 2 rings (SSSR count). The van der Waals surface area contributed by atoms with Crippen LogP contribution in [0.5, 0.6) is 0 Å². The fourth-order valence-electron chi connectivity index (χ4n) is 1.93. The van der Waals surface area contributed by atoms with Crippen molar-refractivity contribution in [2.24, 2.45) is 0 Å². The van der Waals surface area contributed by atoms with Gasteiger partial charge in [0.2, 0.25) is 5.95 Å². The minimum Gasteiger partial charge on any atom is -0.383 e. The molecule has 1 aromatic heterocycles. The summed E-state index contributed by atoms with van der Waals surface area (Å²) in [6.45, 7) is 4.41. The molecule has 1 fully saturated rings. The molecule has 0 amide bonds. The van der Waals surface area contributed by atoms with E-state index in [2.05, 4.69) is 21.8 Å². The predicted octanol–water partition coefficient (Wildman–Crippen LogP) is 1.29. The highest BCUT2D eigenvalue weighted by molar-refractivity contribution is 5.28. The van der Waals surface area contributed by atoms with Crippen molar-refractivity contribution in [1.82, 2.24) is 9.55 Å². The summed E-state index contributed by atoms with van der Waals surface area (Å²) < 4.78 is 12.6. The van der Waals surface area contributed by atoms with Gasteiger partial charge in [0, 0.05) is 26.1 Å².